The maximum Gasteiger partial charge on any atom is 0.341 e. The van der Waals surface area contributed by atoms with Gasteiger partial charge in [-0.2, -0.15) is 5.10 Å². The number of amides is 1. The van der Waals surface area contributed by atoms with Gasteiger partial charge in [0.1, 0.15) is 5.00 Å². The minimum Gasteiger partial charge on any atom is -0.462 e. The van der Waals surface area contributed by atoms with E-state index in [1.165, 1.54) is 16.2 Å². The highest BCUT2D eigenvalue weighted by Gasteiger charge is 2.27. The number of nitrogens with one attached hydrogen (secondary N) is 1. The molecule has 0 aromatic carbocycles. The third-order valence-electron chi connectivity index (χ3n) is 4.52. The van der Waals surface area contributed by atoms with E-state index in [9.17, 15) is 9.59 Å². The minimum atomic E-state index is -0.316. The van der Waals surface area contributed by atoms with Crippen molar-refractivity contribution in [1.29, 1.82) is 0 Å². The second-order valence-electron chi connectivity index (χ2n) is 6.67. The lowest BCUT2D eigenvalue weighted by molar-refractivity contribution is -0.116. The normalized spacial score (nSPS) is 13.3. The lowest BCUT2D eigenvalue weighted by Gasteiger charge is -2.12. The van der Waals surface area contributed by atoms with E-state index >= 15 is 0 Å². The van der Waals surface area contributed by atoms with Gasteiger partial charge in [0.2, 0.25) is 5.91 Å². The largest absolute Gasteiger partial charge is 0.462 e. The van der Waals surface area contributed by atoms with Crippen LogP contribution in [-0.2, 0) is 28.9 Å². The molecule has 1 aliphatic carbocycles. The van der Waals surface area contributed by atoms with Crippen molar-refractivity contribution >= 4 is 50.8 Å². The number of hydrogen-bond acceptors (Lipinski definition) is 5. The number of halogens is 1. The maximum absolute atomic E-state index is 12.6. The summed E-state index contributed by atoms with van der Waals surface area (Å²) in [5.74, 6) is -0.426. The molecule has 0 saturated heterocycles. The van der Waals surface area contributed by atoms with Gasteiger partial charge in [-0.3, -0.25) is 9.48 Å². The molecule has 0 bridgehead atoms. The lowest BCUT2D eigenvalue weighted by Crippen LogP contribution is -2.17. The van der Waals surface area contributed by atoms with Crippen LogP contribution in [-0.4, -0.2) is 28.3 Å². The number of carbonyl (C=O) groups excluding carboxylic acids is 2. The number of aromatic nitrogens is 2. The van der Waals surface area contributed by atoms with E-state index in [1.54, 1.807) is 4.68 Å². The van der Waals surface area contributed by atoms with Crippen LogP contribution >= 0.6 is 33.9 Å². The number of ether oxygens (including phenoxy) is 1. The molecule has 0 aliphatic heterocycles. The fourth-order valence-corrected chi connectivity index (χ4v) is 4.87. The standard InChI is InChI=1S/C19H24IN3O3S/c1-3-10-26-19(25)17-13-6-4-5-7-15(13)27-18(17)21-16(24)8-9-23-11-14(20)12(2)22-23/h11H,3-10H2,1-2H3,(H,21,24). The molecular formula is C19H24IN3O3S. The highest BCUT2D eigenvalue weighted by atomic mass is 127. The summed E-state index contributed by atoms with van der Waals surface area (Å²) in [5.41, 5.74) is 2.60. The topological polar surface area (TPSA) is 73.2 Å². The van der Waals surface area contributed by atoms with Crippen LogP contribution in [0.2, 0.25) is 0 Å². The predicted octanol–water partition coefficient (Wildman–Crippen LogP) is 4.33. The van der Waals surface area contributed by atoms with Crippen LogP contribution in [0.5, 0.6) is 0 Å². The van der Waals surface area contributed by atoms with Crippen molar-refractivity contribution in [3.05, 3.63) is 31.5 Å². The number of fused-ring (bicyclic) bond motifs is 1. The van der Waals surface area contributed by atoms with Crippen LogP contribution in [0.15, 0.2) is 6.20 Å². The van der Waals surface area contributed by atoms with E-state index in [4.69, 9.17) is 4.74 Å². The molecule has 2 heterocycles. The van der Waals surface area contributed by atoms with Gasteiger partial charge in [-0.05, 0) is 67.2 Å². The summed E-state index contributed by atoms with van der Waals surface area (Å²) in [5, 5.41) is 7.97. The second kappa shape index (κ2) is 9.18. The van der Waals surface area contributed by atoms with Crippen molar-refractivity contribution < 1.29 is 14.3 Å². The first kappa shape index (κ1) is 20.3. The SMILES string of the molecule is CCCOC(=O)c1c(NC(=O)CCn2cc(I)c(C)n2)sc2c1CCCC2. The van der Waals surface area contributed by atoms with E-state index in [-0.39, 0.29) is 11.9 Å². The smallest absolute Gasteiger partial charge is 0.341 e. The van der Waals surface area contributed by atoms with Crippen LogP contribution in [0.3, 0.4) is 0 Å². The molecule has 2 aromatic heterocycles. The van der Waals surface area contributed by atoms with Crippen molar-refractivity contribution in [2.24, 2.45) is 0 Å². The molecule has 1 aliphatic rings. The summed E-state index contributed by atoms with van der Waals surface area (Å²) >= 11 is 3.75. The third kappa shape index (κ3) is 4.90. The van der Waals surface area contributed by atoms with Gasteiger partial charge in [0.25, 0.3) is 0 Å². The van der Waals surface area contributed by atoms with Gasteiger partial charge in [0.05, 0.1) is 21.4 Å². The Hall–Kier alpha value is -1.42. The summed E-state index contributed by atoms with van der Waals surface area (Å²) in [6, 6.07) is 0. The van der Waals surface area contributed by atoms with Crippen LogP contribution in [0.1, 0.15) is 59.1 Å². The van der Waals surface area contributed by atoms with Crippen LogP contribution in [0.25, 0.3) is 0 Å². The zero-order valence-corrected chi connectivity index (χ0v) is 18.6. The molecule has 3 rings (SSSR count). The molecule has 2 aromatic rings. The van der Waals surface area contributed by atoms with Crippen LogP contribution in [0, 0.1) is 10.5 Å². The summed E-state index contributed by atoms with van der Waals surface area (Å²) in [6.45, 7) is 4.82. The average Bonchev–Trinajstić information content (AvgIpc) is 3.17. The molecule has 0 radical (unpaired) electrons. The van der Waals surface area contributed by atoms with Gasteiger partial charge in [0, 0.05) is 24.0 Å². The molecule has 0 fully saturated rings. The lowest BCUT2D eigenvalue weighted by atomic mass is 9.95. The van der Waals surface area contributed by atoms with Crippen molar-refractivity contribution in [1.82, 2.24) is 9.78 Å². The van der Waals surface area contributed by atoms with Crippen molar-refractivity contribution in [2.75, 3.05) is 11.9 Å². The number of aryl methyl sites for hydroxylation is 3. The van der Waals surface area contributed by atoms with Gasteiger partial charge in [-0.15, -0.1) is 11.3 Å². The van der Waals surface area contributed by atoms with Gasteiger partial charge < -0.3 is 10.1 Å². The van der Waals surface area contributed by atoms with Crippen molar-refractivity contribution in [3.8, 4) is 0 Å². The Kier molecular flexibility index (Phi) is 6.91. The first-order valence-corrected chi connectivity index (χ1v) is 11.2. The van der Waals surface area contributed by atoms with Gasteiger partial charge in [0.15, 0.2) is 0 Å². The van der Waals surface area contributed by atoms with Crippen molar-refractivity contribution in [2.45, 2.75) is 58.9 Å². The number of rotatable bonds is 7. The van der Waals surface area contributed by atoms with E-state index in [1.807, 2.05) is 20.0 Å². The fourth-order valence-electron chi connectivity index (χ4n) is 3.15. The number of hydrogen-bond donors (Lipinski definition) is 1. The summed E-state index contributed by atoms with van der Waals surface area (Å²) in [7, 11) is 0. The Morgan fingerprint density at radius 3 is 2.85 bits per heavy atom. The molecule has 8 heteroatoms. The molecule has 6 nitrogen and oxygen atoms in total. The summed E-state index contributed by atoms with van der Waals surface area (Å²) < 4.78 is 8.24. The Balaban J connectivity index is 1.71. The Morgan fingerprint density at radius 1 is 1.37 bits per heavy atom. The van der Waals surface area contributed by atoms with E-state index < -0.39 is 0 Å². The van der Waals surface area contributed by atoms with Crippen LogP contribution < -0.4 is 5.32 Å². The van der Waals surface area contributed by atoms with Gasteiger partial charge >= 0.3 is 5.97 Å². The second-order valence-corrected chi connectivity index (χ2v) is 8.94. The molecule has 0 saturated carbocycles. The molecule has 27 heavy (non-hydrogen) atoms. The molecule has 146 valence electrons. The number of thiophene rings is 1. The third-order valence-corrected chi connectivity index (χ3v) is 6.79. The zero-order chi connectivity index (χ0) is 19.4. The van der Waals surface area contributed by atoms with E-state index in [2.05, 4.69) is 33.0 Å². The van der Waals surface area contributed by atoms with E-state index in [0.29, 0.717) is 30.1 Å². The minimum absolute atomic E-state index is 0.110. The van der Waals surface area contributed by atoms with Gasteiger partial charge in [-0.25, -0.2) is 4.79 Å². The number of esters is 1. The summed E-state index contributed by atoms with van der Waals surface area (Å²) in [6.07, 6.45) is 7.06. The highest BCUT2D eigenvalue weighted by molar-refractivity contribution is 14.1. The molecule has 0 unspecified atom stereocenters. The fraction of sp³-hybridized carbons (Fsp3) is 0.526. The highest BCUT2D eigenvalue weighted by Crippen LogP contribution is 2.38. The predicted molar refractivity (Wildman–Crippen MR) is 114 cm³/mol. The Labute approximate surface area is 176 Å². The number of nitrogens with zero attached hydrogens (tertiary/aromatic N) is 2. The Bertz CT molecular complexity index is 824. The Morgan fingerprint density at radius 2 is 2.15 bits per heavy atom. The zero-order valence-electron chi connectivity index (χ0n) is 15.6. The molecule has 0 atom stereocenters. The van der Waals surface area contributed by atoms with E-state index in [0.717, 1.165) is 46.9 Å². The quantitative estimate of drug-likeness (QED) is 0.453. The molecule has 0 spiro atoms. The number of anilines is 1. The number of carbonyl (C=O) groups is 2. The molecular weight excluding hydrogens is 477 g/mol. The molecule has 1 N–H and O–H groups in total. The monoisotopic (exact) mass is 501 g/mol. The van der Waals surface area contributed by atoms with Crippen molar-refractivity contribution in [3.63, 3.8) is 0 Å². The molecule has 1 amide bonds. The first-order chi connectivity index (χ1) is 13.0. The van der Waals surface area contributed by atoms with Gasteiger partial charge in [-0.1, -0.05) is 6.92 Å². The summed E-state index contributed by atoms with van der Waals surface area (Å²) in [4.78, 5) is 26.3. The maximum atomic E-state index is 12.6. The van der Waals surface area contributed by atoms with Crippen LogP contribution in [0.4, 0.5) is 5.00 Å². The average molecular weight is 501 g/mol. The first-order valence-electron chi connectivity index (χ1n) is 9.30.